The van der Waals surface area contributed by atoms with Crippen LogP contribution in [0.3, 0.4) is 0 Å². The minimum absolute atomic E-state index is 0.0365. The lowest BCUT2D eigenvalue weighted by molar-refractivity contribution is 0.0471. The highest BCUT2D eigenvalue weighted by atomic mass is 32.2. The maximum atomic E-state index is 11.7. The van der Waals surface area contributed by atoms with Gasteiger partial charge < -0.3 is 15.6 Å². The van der Waals surface area contributed by atoms with E-state index in [-0.39, 0.29) is 18.1 Å². The molecule has 3 N–H and O–H groups in total. The first-order valence-corrected chi connectivity index (χ1v) is 8.62. The van der Waals surface area contributed by atoms with Gasteiger partial charge in [0.2, 0.25) is 0 Å². The van der Waals surface area contributed by atoms with Gasteiger partial charge in [0.15, 0.2) is 9.84 Å². The minimum atomic E-state index is -3.10. The van der Waals surface area contributed by atoms with E-state index in [4.69, 9.17) is 10.5 Å². The van der Waals surface area contributed by atoms with Crippen molar-refractivity contribution in [1.29, 1.82) is 0 Å². The van der Waals surface area contributed by atoms with Gasteiger partial charge in [0.1, 0.15) is 5.75 Å². The average molecular weight is 297 g/mol. The molecule has 3 rings (SSSR count). The summed E-state index contributed by atoms with van der Waals surface area (Å²) in [6.45, 7) is 0.826. The normalized spacial score (nSPS) is 28.9. The first kappa shape index (κ1) is 13.9. The third-order valence-corrected chi connectivity index (χ3v) is 6.28. The predicted molar refractivity (Wildman–Crippen MR) is 75.4 cm³/mol. The molecule has 1 aromatic carbocycles. The summed E-state index contributed by atoms with van der Waals surface area (Å²) in [6, 6.07) is 5.56. The highest BCUT2D eigenvalue weighted by Gasteiger charge is 2.47. The van der Waals surface area contributed by atoms with E-state index in [0.29, 0.717) is 13.0 Å². The number of nitrogens with two attached hydrogens (primary N) is 1. The third-order valence-electron chi connectivity index (χ3n) is 4.43. The van der Waals surface area contributed by atoms with Gasteiger partial charge in [0.05, 0.1) is 24.2 Å². The van der Waals surface area contributed by atoms with Crippen molar-refractivity contribution in [2.45, 2.75) is 18.9 Å². The highest BCUT2D eigenvalue weighted by molar-refractivity contribution is 7.91. The molecule has 5 nitrogen and oxygen atoms in total. The van der Waals surface area contributed by atoms with E-state index in [1.54, 1.807) is 6.07 Å². The Bertz CT molecular complexity index is 628. The Morgan fingerprint density at radius 2 is 2.25 bits per heavy atom. The van der Waals surface area contributed by atoms with Crippen LogP contribution in [0.4, 0.5) is 0 Å². The van der Waals surface area contributed by atoms with Gasteiger partial charge in [-0.05, 0) is 29.7 Å². The lowest BCUT2D eigenvalue weighted by atomic mass is 9.78. The van der Waals surface area contributed by atoms with E-state index in [1.807, 2.05) is 12.1 Å². The number of sulfone groups is 1. The third kappa shape index (κ3) is 2.21. The fraction of sp³-hybridized carbons (Fsp3) is 0.571. The van der Waals surface area contributed by atoms with Gasteiger partial charge in [-0.15, -0.1) is 0 Å². The van der Waals surface area contributed by atoms with Crippen LogP contribution in [0.2, 0.25) is 0 Å². The molecular weight excluding hydrogens is 278 g/mol. The summed E-state index contributed by atoms with van der Waals surface area (Å²) in [5, 5.41) is 10.6. The lowest BCUT2D eigenvalue weighted by Crippen LogP contribution is -2.38. The van der Waals surface area contributed by atoms with Crippen LogP contribution < -0.4 is 10.5 Å². The second-order valence-corrected chi connectivity index (χ2v) is 7.96. The average Bonchev–Trinajstić information content (AvgIpc) is 3.01. The van der Waals surface area contributed by atoms with Crippen molar-refractivity contribution in [3.63, 3.8) is 0 Å². The van der Waals surface area contributed by atoms with Crippen LogP contribution in [-0.2, 0) is 16.3 Å². The van der Waals surface area contributed by atoms with Crippen LogP contribution in [0.15, 0.2) is 18.2 Å². The van der Waals surface area contributed by atoms with E-state index in [9.17, 15) is 13.5 Å². The fourth-order valence-corrected chi connectivity index (χ4v) is 5.32. The van der Waals surface area contributed by atoms with Gasteiger partial charge >= 0.3 is 0 Å². The van der Waals surface area contributed by atoms with Crippen molar-refractivity contribution >= 4 is 9.84 Å². The van der Waals surface area contributed by atoms with E-state index in [1.165, 1.54) is 0 Å². The first-order valence-electron chi connectivity index (χ1n) is 6.80. The topological polar surface area (TPSA) is 89.6 Å². The second kappa shape index (κ2) is 4.72. The number of rotatable bonds is 3. The molecule has 110 valence electrons. The van der Waals surface area contributed by atoms with E-state index < -0.39 is 21.4 Å². The molecule has 2 unspecified atom stereocenters. The molecular formula is C14H19NO4S. The number of hydrogen-bond donors (Lipinski definition) is 2. The lowest BCUT2D eigenvalue weighted by Gasteiger charge is -2.32. The van der Waals surface area contributed by atoms with Gasteiger partial charge in [-0.2, -0.15) is 0 Å². The van der Waals surface area contributed by atoms with Crippen molar-refractivity contribution < 1.29 is 18.3 Å². The molecule has 0 radical (unpaired) electrons. The summed E-state index contributed by atoms with van der Waals surface area (Å²) in [5.41, 5.74) is 6.83. The number of fused-ring (bicyclic) bond motifs is 1. The maximum Gasteiger partial charge on any atom is 0.151 e. The molecule has 20 heavy (non-hydrogen) atoms. The van der Waals surface area contributed by atoms with Crippen LogP contribution in [0.25, 0.3) is 0 Å². The number of benzene rings is 1. The zero-order valence-corrected chi connectivity index (χ0v) is 12.0. The van der Waals surface area contributed by atoms with Crippen LogP contribution in [0.1, 0.15) is 23.7 Å². The summed E-state index contributed by atoms with van der Waals surface area (Å²) in [4.78, 5) is 0. The summed E-state index contributed by atoms with van der Waals surface area (Å²) >= 11 is 0. The van der Waals surface area contributed by atoms with E-state index >= 15 is 0 Å². The molecule has 0 saturated carbocycles. The Morgan fingerprint density at radius 1 is 1.45 bits per heavy atom. The van der Waals surface area contributed by atoms with Crippen molar-refractivity contribution in [1.82, 2.24) is 0 Å². The predicted octanol–water partition coefficient (Wildman–Crippen LogP) is 0.418. The van der Waals surface area contributed by atoms with E-state index in [2.05, 4.69) is 0 Å². The van der Waals surface area contributed by atoms with Crippen molar-refractivity contribution in [3.05, 3.63) is 29.3 Å². The molecule has 0 aliphatic carbocycles. The molecule has 6 heteroatoms. The van der Waals surface area contributed by atoms with Crippen molar-refractivity contribution in [2.24, 2.45) is 11.1 Å². The van der Waals surface area contributed by atoms with Crippen LogP contribution in [0, 0.1) is 5.41 Å². The van der Waals surface area contributed by atoms with Crippen molar-refractivity contribution in [2.75, 3.05) is 24.7 Å². The van der Waals surface area contributed by atoms with Crippen LogP contribution >= 0.6 is 0 Å². The molecule has 0 spiro atoms. The van der Waals surface area contributed by atoms with Gasteiger partial charge in [-0.25, -0.2) is 8.42 Å². The Hall–Kier alpha value is -1.11. The summed E-state index contributed by atoms with van der Waals surface area (Å²) in [7, 11) is -3.10. The standard InChI is InChI=1S/C14H19NO4S/c15-8-14(4-6-20(17,18)9-14)13(16)11-1-2-12-10(7-11)3-5-19-12/h1-2,7,13,16H,3-6,8-9,15H2. The second-order valence-electron chi connectivity index (χ2n) is 5.78. The van der Waals surface area contributed by atoms with Gasteiger partial charge in [0, 0.05) is 18.4 Å². The Labute approximate surface area is 118 Å². The van der Waals surface area contributed by atoms with Crippen molar-refractivity contribution in [3.8, 4) is 5.75 Å². The minimum Gasteiger partial charge on any atom is -0.493 e. The Balaban J connectivity index is 1.93. The molecule has 0 bridgehead atoms. The van der Waals surface area contributed by atoms with E-state index in [0.717, 1.165) is 23.3 Å². The zero-order valence-electron chi connectivity index (χ0n) is 11.2. The molecule has 2 aliphatic heterocycles. The van der Waals surface area contributed by atoms with Gasteiger partial charge in [0.25, 0.3) is 0 Å². The number of hydrogen-bond acceptors (Lipinski definition) is 5. The van der Waals surface area contributed by atoms with Gasteiger partial charge in [-0.3, -0.25) is 0 Å². The van der Waals surface area contributed by atoms with Gasteiger partial charge in [-0.1, -0.05) is 6.07 Å². The largest absolute Gasteiger partial charge is 0.493 e. The smallest absolute Gasteiger partial charge is 0.151 e. The fourth-order valence-electron chi connectivity index (χ4n) is 3.16. The maximum absolute atomic E-state index is 11.7. The summed E-state index contributed by atoms with van der Waals surface area (Å²) in [5.74, 6) is 0.919. The first-order chi connectivity index (χ1) is 9.46. The molecule has 1 saturated heterocycles. The molecule has 1 fully saturated rings. The zero-order chi connectivity index (χ0) is 14.4. The SMILES string of the molecule is NCC1(C(O)c2ccc3c(c2)CCO3)CCS(=O)(=O)C1. The molecule has 0 amide bonds. The molecule has 0 aromatic heterocycles. The number of ether oxygens (including phenoxy) is 1. The summed E-state index contributed by atoms with van der Waals surface area (Å²) < 4.78 is 28.9. The number of aliphatic hydroxyl groups is 1. The molecule has 2 aliphatic rings. The quantitative estimate of drug-likeness (QED) is 0.844. The van der Waals surface area contributed by atoms with Crippen LogP contribution in [0.5, 0.6) is 5.75 Å². The molecule has 1 aromatic rings. The summed E-state index contributed by atoms with van der Waals surface area (Å²) in [6.07, 6.45) is 0.389. The highest BCUT2D eigenvalue weighted by Crippen LogP contribution is 2.43. The Kier molecular flexibility index (Phi) is 3.27. The Morgan fingerprint density at radius 3 is 2.90 bits per heavy atom. The van der Waals surface area contributed by atoms with Crippen LogP contribution in [-0.4, -0.2) is 38.2 Å². The molecule has 2 heterocycles. The molecule has 2 atom stereocenters. The monoisotopic (exact) mass is 297 g/mol. The number of aliphatic hydroxyl groups excluding tert-OH is 1.